The van der Waals surface area contributed by atoms with Gasteiger partial charge in [-0.15, -0.1) is 0 Å². The molecule has 21 heavy (non-hydrogen) atoms. The van der Waals surface area contributed by atoms with E-state index in [4.69, 9.17) is 5.26 Å². The molecule has 5 nitrogen and oxygen atoms in total. The van der Waals surface area contributed by atoms with Crippen LogP contribution in [0.5, 0.6) is 0 Å². The fraction of sp³-hybridized carbons (Fsp3) is 0.500. The lowest BCUT2D eigenvalue weighted by atomic mass is 9.83. The summed E-state index contributed by atoms with van der Waals surface area (Å²) >= 11 is 0. The molecule has 114 valence electrons. The maximum atomic E-state index is 13.3. The van der Waals surface area contributed by atoms with E-state index in [1.165, 1.54) is 0 Å². The van der Waals surface area contributed by atoms with Crippen molar-refractivity contribution in [1.29, 1.82) is 5.26 Å². The highest BCUT2D eigenvalue weighted by Gasteiger charge is 2.36. The largest absolute Gasteiger partial charge is 0.394 e. The van der Waals surface area contributed by atoms with Gasteiger partial charge in [0.25, 0.3) is 0 Å². The van der Waals surface area contributed by atoms with Gasteiger partial charge < -0.3 is 5.11 Å². The number of benzene rings is 1. The van der Waals surface area contributed by atoms with Gasteiger partial charge >= 0.3 is 0 Å². The Kier molecular flexibility index (Phi) is 4.61. The van der Waals surface area contributed by atoms with Gasteiger partial charge in [-0.2, -0.15) is 5.26 Å². The first kappa shape index (κ1) is 15.9. The summed E-state index contributed by atoms with van der Waals surface area (Å²) in [6.07, 6.45) is 3.83. The van der Waals surface area contributed by atoms with Crippen molar-refractivity contribution in [3.05, 3.63) is 29.6 Å². The molecule has 0 aliphatic heterocycles. The summed E-state index contributed by atoms with van der Waals surface area (Å²) in [6, 6.07) is 4.70. The normalized spacial score (nSPS) is 18.1. The summed E-state index contributed by atoms with van der Waals surface area (Å²) in [5.41, 5.74) is -1.18. The third-order valence-corrected chi connectivity index (χ3v) is 5.41. The third-order valence-electron chi connectivity index (χ3n) is 3.83. The van der Waals surface area contributed by atoms with E-state index >= 15 is 0 Å². The second kappa shape index (κ2) is 6.10. The average Bonchev–Trinajstić information content (AvgIpc) is 2.48. The molecule has 0 saturated heterocycles. The second-order valence-corrected chi connectivity index (χ2v) is 7.04. The fourth-order valence-corrected chi connectivity index (χ4v) is 4.10. The Morgan fingerprint density at radius 1 is 1.33 bits per heavy atom. The van der Waals surface area contributed by atoms with Crippen molar-refractivity contribution in [1.82, 2.24) is 4.72 Å². The van der Waals surface area contributed by atoms with Crippen LogP contribution in [0.4, 0.5) is 4.39 Å². The zero-order valence-corrected chi connectivity index (χ0v) is 12.3. The number of nitriles is 1. The first-order chi connectivity index (χ1) is 9.92. The number of sulfonamides is 1. The molecule has 2 N–H and O–H groups in total. The van der Waals surface area contributed by atoms with Crippen molar-refractivity contribution in [2.45, 2.75) is 42.5 Å². The highest BCUT2D eigenvalue weighted by molar-refractivity contribution is 7.89. The van der Waals surface area contributed by atoms with Gasteiger partial charge in [0, 0.05) is 0 Å². The van der Waals surface area contributed by atoms with Gasteiger partial charge in [0.05, 0.1) is 22.6 Å². The molecule has 0 spiro atoms. The van der Waals surface area contributed by atoms with Crippen molar-refractivity contribution in [3.8, 4) is 6.07 Å². The predicted octanol–water partition coefficient (Wildman–Crippen LogP) is 1.67. The minimum atomic E-state index is -3.91. The van der Waals surface area contributed by atoms with E-state index in [2.05, 4.69) is 4.72 Å². The summed E-state index contributed by atoms with van der Waals surface area (Å²) < 4.78 is 40.6. The standard InChI is InChI=1S/C14H17FN2O3S/c15-13-5-4-12(8-11(13)9-16)21(19,20)17-14(10-18)6-2-1-3-7-14/h4-5,8,17-18H,1-3,6-7,10H2. The summed E-state index contributed by atoms with van der Waals surface area (Å²) in [5.74, 6) is -0.758. The smallest absolute Gasteiger partial charge is 0.241 e. The highest BCUT2D eigenvalue weighted by atomic mass is 32.2. The number of nitrogens with zero attached hydrogens (tertiary/aromatic N) is 1. The molecule has 0 aromatic heterocycles. The maximum absolute atomic E-state index is 13.3. The highest BCUT2D eigenvalue weighted by Crippen LogP contribution is 2.29. The molecule has 0 bridgehead atoms. The minimum absolute atomic E-state index is 0.168. The SMILES string of the molecule is N#Cc1cc(S(=O)(=O)NC2(CO)CCCCC2)ccc1F. The van der Waals surface area contributed by atoms with Crippen LogP contribution in [-0.4, -0.2) is 25.7 Å². The van der Waals surface area contributed by atoms with Gasteiger partial charge in [-0.25, -0.2) is 17.5 Å². The quantitative estimate of drug-likeness (QED) is 0.885. The van der Waals surface area contributed by atoms with Crippen LogP contribution in [0.25, 0.3) is 0 Å². The molecule has 0 unspecified atom stereocenters. The van der Waals surface area contributed by atoms with Gasteiger partial charge in [0.15, 0.2) is 0 Å². The lowest BCUT2D eigenvalue weighted by Crippen LogP contribution is -2.52. The molecule has 0 atom stereocenters. The molecule has 1 aliphatic carbocycles. The molecule has 0 amide bonds. The number of nitrogens with one attached hydrogen (secondary N) is 1. The van der Waals surface area contributed by atoms with Gasteiger partial charge in [-0.3, -0.25) is 0 Å². The Hall–Kier alpha value is -1.49. The molecule has 1 fully saturated rings. The van der Waals surface area contributed by atoms with Crippen LogP contribution >= 0.6 is 0 Å². The Morgan fingerprint density at radius 3 is 2.57 bits per heavy atom. The number of aliphatic hydroxyl groups is 1. The van der Waals surface area contributed by atoms with Gasteiger partial charge in [-0.05, 0) is 31.0 Å². The molecular weight excluding hydrogens is 295 g/mol. The molecule has 1 aliphatic rings. The van der Waals surface area contributed by atoms with Crippen molar-refractivity contribution in [2.75, 3.05) is 6.61 Å². The van der Waals surface area contributed by atoms with Crippen LogP contribution in [0, 0.1) is 17.1 Å². The summed E-state index contributed by atoms with van der Waals surface area (Å²) in [4.78, 5) is -0.168. The van der Waals surface area contributed by atoms with Crippen molar-refractivity contribution in [3.63, 3.8) is 0 Å². The zero-order chi connectivity index (χ0) is 15.5. The Balaban J connectivity index is 2.32. The Bertz CT molecular complexity index is 661. The first-order valence-electron chi connectivity index (χ1n) is 6.77. The van der Waals surface area contributed by atoms with E-state index in [1.54, 1.807) is 6.07 Å². The monoisotopic (exact) mass is 312 g/mol. The molecule has 0 radical (unpaired) electrons. The predicted molar refractivity (Wildman–Crippen MR) is 74.3 cm³/mol. The maximum Gasteiger partial charge on any atom is 0.241 e. The molecule has 1 aromatic rings. The molecule has 7 heteroatoms. The van der Waals surface area contributed by atoms with E-state index in [0.717, 1.165) is 37.5 Å². The number of hydrogen-bond donors (Lipinski definition) is 2. The van der Waals surface area contributed by atoms with Crippen molar-refractivity contribution >= 4 is 10.0 Å². The topological polar surface area (TPSA) is 90.2 Å². The van der Waals surface area contributed by atoms with E-state index in [0.29, 0.717) is 12.8 Å². The number of halogens is 1. The molecule has 1 aromatic carbocycles. The van der Waals surface area contributed by atoms with E-state index in [1.807, 2.05) is 0 Å². The van der Waals surface area contributed by atoms with E-state index in [9.17, 15) is 17.9 Å². The van der Waals surface area contributed by atoms with Crippen molar-refractivity contribution in [2.24, 2.45) is 0 Å². The van der Waals surface area contributed by atoms with E-state index < -0.39 is 21.4 Å². The Labute approximate surface area is 123 Å². The van der Waals surface area contributed by atoms with Crippen LogP contribution in [0.1, 0.15) is 37.7 Å². The molecule has 1 saturated carbocycles. The molecule has 0 heterocycles. The van der Waals surface area contributed by atoms with Crippen molar-refractivity contribution < 1.29 is 17.9 Å². The van der Waals surface area contributed by atoms with Crippen LogP contribution in [0.3, 0.4) is 0 Å². The van der Waals surface area contributed by atoms with Gasteiger partial charge in [0.1, 0.15) is 11.9 Å². The van der Waals surface area contributed by atoms with E-state index in [-0.39, 0.29) is 17.1 Å². The molecular formula is C14H17FN2O3S. The van der Waals surface area contributed by atoms with Gasteiger partial charge in [0.2, 0.25) is 10.0 Å². The zero-order valence-electron chi connectivity index (χ0n) is 11.5. The average molecular weight is 312 g/mol. The molecule has 2 rings (SSSR count). The van der Waals surface area contributed by atoms with Crippen LogP contribution < -0.4 is 4.72 Å². The lowest BCUT2D eigenvalue weighted by Gasteiger charge is -2.36. The summed E-state index contributed by atoms with van der Waals surface area (Å²) in [6.45, 7) is -0.279. The van der Waals surface area contributed by atoms with Gasteiger partial charge in [-0.1, -0.05) is 19.3 Å². The first-order valence-corrected chi connectivity index (χ1v) is 8.25. The second-order valence-electron chi connectivity index (χ2n) is 5.36. The number of hydrogen-bond acceptors (Lipinski definition) is 4. The number of rotatable bonds is 4. The lowest BCUT2D eigenvalue weighted by molar-refractivity contribution is 0.142. The third kappa shape index (κ3) is 3.40. The van der Waals surface area contributed by atoms with Crippen LogP contribution in [0.2, 0.25) is 0 Å². The fourth-order valence-electron chi connectivity index (χ4n) is 2.62. The van der Waals surface area contributed by atoms with Crippen LogP contribution in [-0.2, 0) is 10.0 Å². The minimum Gasteiger partial charge on any atom is -0.394 e. The number of aliphatic hydroxyl groups excluding tert-OH is 1. The Morgan fingerprint density at radius 2 is 2.00 bits per heavy atom. The van der Waals surface area contributed by atoms with Crippen LogP contribution in [0.15, 0.2) is 23.1 Å². The summed E-state index contributed by atoms with van der Waals surface area (Å²) in [7, 11) is -3.91. The summed E-state index contributed by atoms with van der Waals surface area (Å²) in [5, 5.41) is 18.3.